The quantitative estimate of drug-likeness (QED) is 0.594. The van der Waals surface area contributed by atoms with E-state index in [0.717, 1.165) is 26.2 Å². The molecule has 2 N–H and O–H groups in total. The molecular weight excluding hydrogens is 216 g/mol. The third kappa shape index (κ3) is 6.99. The van der Waals surface area contributed by atoms with E-state index in [9.17, 15) is 5.11 Å². The van der Waals surface area contributed by atoms with Gasteiger partial charge in [-0.3, -0.25) is 4.90 Å². The Morgan fingerprint density at radius 1 is 1.35 bits per heavy atom. The predicted molar refractivity (Wildman–Crippen MR) is 70.2 cm³/mol. The van der Waals surface area contributed by atoms with E-state index in [-0.39, 0.29) is 12.6 Å². The van der Waals surface area contributed by atoms with E-state index in [1.807, 2.05) is 0 Å². The molecule has 0 aromatic carbocycles. The molecule has 102 valence electrons. The highest BCUT2D eigenvalue weighted by Crippen LogP contribution is 2.19. The fourth-order valence-corrected chi connectivity index (χ4v) is 2.05. The zero-order valence-electron chi connectivity index (χ0n) is 11.5. The van der Waals surface area contributed by atoms with Gasteiger partial charge in [-0.15, -0.1) is 0 Å². The standard InChI is InChI=1S/C13H28N2O2/c1-11(2)8-15(6-7-17-3)9-13(10-16)14-12-4-5-12/h11-14,16H,4-10H2,1-3H3. The second kappa shape index (κ2) is 8.03. The lowest BCUT2D eigenvalue weighted by molar-refractivity contribution is 0.120. The Bertz CT molecular complexity index is 196. The maximum atomic E-state index is 9.39. The molecule has 0 heterocycles. The molecule has 0 amide bonds. The second-order valence-electron chi connectivity index (χ2n) is 5.47. The summed E-state index contributed by atoms with van der Waals surface area (Å²) in [6.45, 7) is 8.34. The highest BCUT2D eigenvalue weighted by Gasteiger charge is 2.25. The Kier molecular flexibility index (Phi) is 7.04. The van der Waals surface area contributed by atoms with Crippen molar-refractivity contribution >= 4 is 0 Å². The lowest BCUT2D eigenvalue weighted by atomic mass is 10.2. The number of aliphatic hydroxyl groups excluding tert-OH is 1. The van der Waals surface area contributed by atoms with Gasteiger partial charge >= 0.3 is 0 Å². The van der Waals surface area contributed by atoms with Gasteiger partial charge in [0.2, 0.25) is 0 Å². The summed E-state index contributed by atoms with van der Waals surface area (Å²) in [5, 5.41) is 12.9. The van der Waals surface area contributed by atoms with Crippen LogP contribution in [0.3, 0.4) is 0 Å². The van der Waals surface area contributed by atoms with Gasteiger partial charge in [0.05, 0.1) is 13.2 Å². The summed E-state index contributed by atoms with van der Waals surface area (Å²) in [6.07, 6.45) is 2.53. The first-order valence-electron chi connectivity index (χ1n) is 6.74. The minimum Gasteiger partial charge on any atom is -0.395 e. The first-order chi connectivity index (χ1) is 8.15. The average Bonchev–Trinajstić information content (AvgIpc) is 3.08. The number of hydrogen-bond acceptors (Lipinski definition) is 4. The van der Waals surface area contributed by atoms with Crippen molar-refractivity contribution in [2.75, 3.05) is 40.0 Å². The minimum atomic E-state index is 0.207. The normalized spacial score (nSPS) is 18.0. The summed E-state index contributed by atoms with van der Waals surface area (Å²) < 4.78 is 5.14. The molecule has 0 bridgehead atoms. The second-order valence-corrected chi connectivity index (χ2v) is 5.47. The van der Waals surface area contributed by atoms with Crippen molar-refractivity contribution in [3.8, 4) is 0 Å². The topological polar surface area (TPSA) is 44.7 Å². The molecule has 1 saturated carbocycles. The molecule has 0 aromatic heterocycles. The molecule has 4 nitrogen and oxygen atoms in total. The van der Waals surface area contributed by atoms with Crippen molar-refractivity contribution in [2.45, 2.75) is 38.8 Å². The molecule has 0 saturated heterocycles. The van der Waals surface area contributed by atoms with Gasteiger partial charge in [-0.2, -0.15) is 0 Å². The van der Waals surface area contributed by atoms with E-state index in [1.54, 1.807) is 7.11 Å². The zero-order chi connectivity index (χ0) is 12.7. The van der Waals surface area contributed by atoms with Gasteiger partial charge in [0.25, 0.3) is 0 Å². The van der Waals surface area contributed by atoms with Crippen LogP contribution in [0.1, 0.15) is 26.7 Å². The first-order valence-corrected chi connectivity index (χ1v) is 6.74. The van der Waals surface area contributed by atoms with Gasteiger partial charge in [-0.25, -0.2) is 0 Å². The molecule has 17 heavy (non-hydrogen) atoms. The lowest BCUT2D eigenvalue weighted by Gasteiger charge is -2.28. The Labute approximate surface area is 105 Å². The summed E-state index contributed by atoms with van der Waals surface area (Å²) in [7, 11) is 1.74. The molecule has 4 heteroatoms. The average molecular weight is 244 g/mol. The molecular formula is C13H28N2O2. The van der Waals surface area contributed by atoms with Gasteiger partial charge in [-0.05, 0) is 18.8 Å². The molecule has 0 radical (unpaired) electrons. The minimum absolute atomic E-state index is 0.207. The number of aliphatic hydroxyl groups is 1. The van der Waals surface area contributed by atoms with Crippen LogP contribution in [0.2, 0.25) is 0 Å². The zero-order valence-corrected chi connectivity index (χ0v) is 11.5. The van der Waals surface area contributed by atoms with Crippen LogP contribution in [0.5, 0.6) is 0 Å². The van der Waals surface area contributed by atoms with Crippen LogP contribution in [0.15, 0.2) is 0 Å². The largest absolute Gasteiger partial charge is 0.395 e. The number of nitrogens with zero attached hydrogens (tertiary/aromatic N) is 1. The van der Waals surface area contributed by atoms with E-state index < -0.39 is 0 Å². The van der Waals surface area contributed by atoms with Gasteiger partial charge in [0.1, 0.15) is 0 Å². The summed E-state index contributed by atoms with van der Waals surface area (Å²) in [5.74, 6) is 0.645. The van der Waals surface area contributed by atoms with Crippen molar-refractivity contribution < 1.29 is 9.84 Å². The number of rotatable bonds is 10. The van der Waals surface area contributed by atoms with Crippen LogP contribution in [0.4, 0.5) is 0 Å². The summed E-state index contributed by atoms with van der Waals surface area (Å²) >= 11 is 0. The van der Waals surface area contributed by atoms with Crippen molar-refractivity contribution in [1.29, 1.82) is 0 Å². The summed E-state index contributed by atoms with van der Waals surface area (Å²) in [4.78, 5) is 2.38. The van der Waals surface area contributed by atoms with Gasteiger partial charge in [0, 0.05) is 38.8 Å². The first kappa shape index (κ1) is 14.9. The fourth-order valence-electron chi connectivity index (χ4n) is 2.05. The predicted octanol–water partition coefficient (Wildman–Crippen LogP) is 0.704. The van der Waals surface area contributed by atoms with Crippen molar-refractivity contribution in [3.63, 3.8) is 0 Å². The molecule has 1 rings (SSSR count). The maximum Gasteiger partial charge on any atom is 0.0597 e. The van der Waals surface area contributed by atoms with E-state index in [1.165, 1.54) is 12.8 Å². The van der Waals surface area contributed by atoms with Crippen LogP contribution >= 0.6 is 0 Å². The SMILES string of the molecule is COCCN(CC(C)C)CC(CO)NC1CC1. The Balaban J connectivity index is 2.31. The molecule has 1 aliphatic carbocycles. The maximum absolute atomic E-state index is 9.39. The van der Waals surface area contributed by atoms with Crippen molar-refractivity contribution in [2.24, 2.45) is 5.92 Å². The summed E-state index contributed by atoms with van der Waals surface area (Å²) in [5.41, 5.74) is 0. The molecule has 1 atom stereocenters. The third-order valence-corrected chi connectivity index (χ3v) is 2.98. The molecule has 1 fully saturated rings. The Morgan fingerprint density at radius 3 is 2.53 bits per heavy atom. The highest BCUT2D eigenvalue weighted by atomic mass is 16.5. The number of methoxy groups -OCH3 is 1. The molecule has 0 spiro atoms. The molecule has 1 unspecified atom stereocenters. The van der Waals surface area contributed by atoms with Gasteiger partial charge in [-0.1, -0.05) is 13.8 Å². The number of hydrogen-bond donors (Lipinski definition) is 2. The van der Waals surface area contributed by atoms with E-state index in [0.29, 0.717) is 12.0 Å². The summed E-state index contributed by atoms with van der Waals surface area (Å²) in [6, 6.07) is 0.855. The van der Waals surface area contributed by atoms with Crippen LogP contribution in [-0.4, -0.2) is 62.0 Å². The fraction of sp³-hybridized carbons (Fsp3) is 1.00. The van der Waals surface area contributed by atoms with Crippen LogP contribution in [0.25, 0.3) is 0 Å². The Morgan fingerprint density at radius 2 is 2.06 bits per heavy atom. The van der Waals surface area contributed by atoms with Gasteiger partial charge in [0.15, 0.2) is 0 Å². The third-order valence-electron chi connectivity index (χ3n) is 2.98. The van der Waals surface area contributed by atoms with E-state index in [2.05, 4.69) is 24.1 Å². The van der Waals surface area contributed by atoms with Crippen molar-refractivity contribution in [3.05, 3.63) is 0 Å². The van der Waals surface area contributed by atoms with E-state index >= 15 is 0 Å². The Hall–Kier alpha value is -0.160. The van der Waals surface area contributed by atoms with Crippen LogP contribution in [0, 0.1) is 5.92 Å². The van der Waals surface area contributed by atoms with Crippen LogP contribution in [-0.2, 0) is 4.74 Å². The van der Waals surface area contributed by atoms with Gasteiger partial charge < -0.3 is 15.2 Å². The molecule has 1 aliphatic rings. The highest BCUT2D eigenvalue weighted by molar-refractivity contribution is 4.86. The monoisotopic (exact) mass is 244 g/mol. The number of ether oxygens (including phenoxy) is 1. The number of nitrogens with one attached hydrogen (secondary N) is 1. The van der Waals surface area contributed by atoms with Crippen molar-refractivity contribution in [1.82, 2.24) is 10.2 Å². The molecule has 0 aliphatic heterocycles. The smallest absolute Gasteiger partial charge is 0.0597 e. The van der Waals surface area contributed by atoms with E-state index in [4.69, 9.17) is 4.74 Å². The van der Waals surface area contributed by atoms with Crippen LogP contribution < -0.4 is 5.32 Å². The molecule has 0 aromatic rings. The lowest BCUT2D eigenvalue weighted by Crippen LogP contribution is -2.46.